The summed E-state index contributed by atoms with van der Waals surface area (Å²) in [5.41, 5.74) is 1.13. The molecular weight excluding hydrogens is 610 g/mol. The average molecular weight is 662 g/mol. The molecule has 1 fully saturated rings. The van der Waals surface area contributed by atoms with Crippen LogP contribution >= 0.6 is 11.3 Å². The van der Waals surface area contributed by atoms with Gasteiger partial charge in [0.05, 0.1) is 11.1 Å². The first-order valence-corrected chi connectivity index (χ1v) is 19.9. The van der Waals surface area contributed by atoms with Gasteiger partial charge in [0.15, 0.2) is 8.32 Å². The number of aromatic nitrogens is 1. The Morgan fingerprint density at radius 1 is 1.20 bits per heavy atom. The number of nitrogens with zero attached hydrogens (tertiary/aromatic N) is 2. The van der Waals surface area contributed by atoms with Crippen molar-refractivity contribution in [3.8, 4) is 0 Å². The number of ether oxygens (including phenoxy) is 1. The maximum atomic E-state index is 15.6. The summed E-state index contributed by atoms with van der Waals surface area (Å²) >= 11 is 1.26. The van der Waals surface area contributed by atoms with Crippen molar-refractivity contribution in [1.82, 2.24) is 15.2 Å². The van der Waals surface area contributed by atoms with E-state index in [-0.39, 0.29) is 47.2 Å². The Labute approximate surface area is 273 Å². The number of fused-ring (bicyclic) bond motifs is 3. The second kappa shape index (κ2) is 15.8. The summed E-state index contributed by atoms with van der Waals surface area (Å²) in [5.74, 6) is -1.29. The monoisotopic (exact) mass is 661 g/mol. The number of esters is 1. The topological polar surface area (TPSA) is 97.8 Å². The van der Waals surface area contributed by atoms with Gasteiger partial charge in [-0.2, -0.15) is 0 Å². The van der Waals surface area contributed by atoms with Crippen LogP contribution < -0.4 is 5.32 Å². The molecule has 2 aliphatic heterocycles. The molecule has 8 nitrogen and oxygen atoms in total. The number of hydrogen-bond acceptors (Lipinski definition) is 7. The van der Waals surface area contributed by atoms with Gasteiger partial charge in [-0.1, -0.05) is 71.4 Å². The molecule has 1 aromatic rings. The van der Waals surface area contributed by atoms with Gasteiger partial charge in [-0.15, -0.1) is 11.3 Å². The number of carbonyl (C=O) groups is 3. The molecule has 0 aliphatic carbocycles. The number of halogens is 1. The molecule has 0 spiro atoms. The van der Waals surface area contributed by atoms with Gasteiger partial charge in [0, 0.05) is 37.2 Å². The third kappa shape index (κ3) is 10.4. The Balaban J connectivity index is 1.92. The third-order valence-corrected chi connectivity index (χ3v) is 14.3. The fourth-order valence-electron chi connectivity index (χ4n) is 5.36. The van der Waals surface area contributed by atoms with Gasteiger partial charge in [-0.25, -0.2) is 14.2 Å². The summed E-state index contributed by atoms with van der Waals surface area (Å²) in [5, 5.41) is 4.98. The molecule has 11 heteroatoms. The highest BCUT2D eigenvalue weighted by Gasteiger charge is 2.40. The van der Waals surface area contributed by atoms with E-state index >= 15 is 4.39 Å². The van der Waals surface area contributed by atoms with Crippen LogP contribution in [0.1, 0.15) is 83.2 Å². The molecule has 250 valence electrons. The minimum atomic E-state index is -2.22. The largest absolute Gasteiger partial charge is 0.460 e. The number of amides is 2. The average Bonchev–Trinajstić information content (AvgIpc) is 3.61. The summed E-state index contributed by atoms with van der Waals surface area (Å²) in [6, 6.07) is -0.714. The Kier molecular flexibility index (Phi) is 12.9. The van der Waals surface area contributed by atoms with Gasteiger partial charge in [0.2, 0.25) is 5.91 Å². The van der Waals surface area contributed by atoms with E-state index in [1.807, 2.05) is 45.9 Å². The van der Waals surface area contributed by atoms with E-state index in [1.165, 1.54) is 22.3 Å². The Hall–Kier alpha value is -2.63. The summed E-state index contributed by atoms with van der Waals surface area (Å²) < 4.78 is 28.3. The zero-order valence-electron chi connectivity index (χ0n) is 28.4. The SMILES string of the molecule is CC1=CC(O[Si](C)(C)C(C)(C)C)C[C@@H](F)Cc2nc(cs2)C(=O)N2CCC[C@@H]2C(=O)O[C@H](C(C)C)[C@H](C)/C=C/C(=O)NCC=C1. The van der Waals surface area contributed by atoms with E-state index in [0.29, 0.717) is 30.9 Å². The summed E-state index contributed by atoms with van der Waals surface area (Å²) in [6.45, 7) is 19.3. The minimum absolute atomic E-state index is 0.00594. The van der Waals surface area contributed by atoms with Gasteiger partial charge in [0.25, 0.3) is 5.91 Å². The highest BCUT2D eigenvalue weighted by Crippen LogP contribution is 2.38. The van der Waals surface area contributed by atoms with Crippen LogP contribution in [-0.4, -0.2) is 73.5 Å². The number of alkyl halides is 1. The van der Waals surface area contributed by atoms with Crippen molar-refractivity contribution in [3.05, 3.63) is 52.0 Å². The van der Waals surface area contributed by atoms with Gasteiger partial charge in [-0.3, -0.25) is 9.59 Å². The zero-order valence-corrected chi connectivity index (χ0v) is 30.2. The van der Waals surface area contributed by atoms with Crippen LogP contribution in [-0.2, 0) is 25.2 Å². The van der Waals surface area contributed by atoms with Crippen LogP contribution in [0.5, 0.6) is 0 Å². The molecule has 1 aromatic heterocycles. The number of thiazole rings is 1. The van der Waals surface area contributed by atoms with Gasteiger partial charge >= 0.3 is 5.97 Å². The lowest BCUT2D eigenvalue weighted by Gasteiger charge is -2.39. The molecule has 3 rings (SSSR count). The van der Waals surface area contributed by atoms with Crippen LogP contribution in [0.25, 0.3) is 0 Å². The van der Waals surface area contributed by atoms with Crippen molar-refractivity contribution in [3.63, 3.8) is 0 Å². The maximum absolute atomic E-state index is 15.6. The zero-order chi connectivity index (χ0) is 33.5. The normalized spacial score (nSPS) is 27.5. The number of allylic oxidation sites excluding steroid dienone is 2. The lowest BCUT2D eigenvalue weighted by Crippen LogP contribution is -2.44. The van der Waals surface area contributed by atoms with Crippen LogP contribution in [0.15, 0.2) is 41.3 Å². The van der Waals surface area contributed by atoms with Gasteiger partial charge in [-0.05, 0) is 49.9 Å². The molecule has 3 heterocycles. The van der Waals surface area contributed by atoms with Crippen molar-refractivity contribution in [1.29, 1.82) is 0 Å². The van der Waals surface area contributed by atoms with Crippen LogP contribution in [0, 0.1) is 11.8 Å². The van der Waals surface area contributed by atoms with E-state index in [9.17, 15) is 14.4 Å². The van der Waals surface area contributed by atoms with Crippen LogP contribution in [0.4, 0.5) is 4.39 Å². The summed E-state index contributed by atoms with van der Waals surface area (Å²) in [6.07, 6.45) is 8.17. The molecule has 0 aromatic carbocycles. The Bertz CT molecular complexity index is 1280. The molecule has 1 unspecified atom stereocenters. The predicted octanol–water partition coefficient (Wildman–Crippen LogP) is 6.80. The molecule has 1 N–H and O–H groups in total. The second-order valence-corrected chi connectivity index (χ2v) is 19.9. The fourth-order valence-corrected chi connectivity index (χ4v) is 7.46. The van der Waals surface area contributed by atoms with Crippen molar-refractivity contribution in [2.45, 2.75) is 117 Å². The van der Waals surface area contributed by atoms with E-state index in [2.05, 4.69) is 44.2 Å². The number of nitrogens with one attached hydrogen (secondary N) is 1. The second-order valence-electron chi connectivity index (χ2n) is 14.2. The van der Waals surface area contributed by atoms with Crippen molar-refractivity contribution >= 4 is 37.4 Å². The van der Waals surface area contributed by atoms with Crippen LogP contribution in [0.3, 0.4) is 0 Å². The van der Waals surface area contributed by atoms with E-state index in [4.69, 9.17) is 9.16 Å². The third-order valence-electron chi connectivity index (χ3n) is 8.90. The predicted molar refractivity (Wildman–Crippen MR) is 180 cm³/mol. The highest BCUT2D eigenvalue weighted by atomic mass is 32.1. The van der Waals surface area contributed by atoms with Gasteiger partial charge < -0.3 is 19.4 Å². The van der Waals surface area contributed by atoms with Crippen molar-refractivity contribution in [2.75, 3.05) is 13.1 Å². The van der Waals surface area contributed by atoms with Crippen molar-refractivity contribution in [2.24, 2.45) is 11.8 Å². The van der Waals surface area contributed by atoms with Crippen molar-refractivity contribution < 1.29 is 27.9 Å². The summed E-state index contributed by atoms with van der Waals surface area (Å²) in [7, 11) is -2.22. The lowest BCUT2D eigenvalue weighted by molar-refractivity contribution is -0.158. The molecule has 2 aliphatic rings. The number of carbonyl (C=O) groups excluding carboxylic acids is 3. The smallest absolute Gasteiger partial charge is 0.329 e. The molecule has 45 heavy (non-hydrogen) atoms. The van der Waals surface area contributed by atoms with Gasteiger partial charge in [0.1, 0.15) is 24.0 Å². The first kappa shape index (κ1) is 36.8. The molecule has 2 amide bonds. The standard InChI is InChI=1S/C34H52FN3O5SSi/c1-22(2)31-24(4)14-15-29(39)36-16-10-12-23(3)18-26(43-45(8,9)34(5,6)7)19-25(35)20-30-37-27(21-44-30)32(40)38-17-11-13-28(38)33(41)42-31/h10,12,14-15,18,21-22,24-26,28,31H,11,13,16-17,19-20H2,1-9H3,(H,36,39)/b12-10?,15-14+,23-18?/t24-,25-,26?,28-,31-/m1/s1. The first-order valence-electron chi connectivity index (χ1n) is 16.1. The highest BCUT2D eigenvalue weighted by molar-refractivity contribution is 7.09. The molecule has 0 radical (unpaired) electrons. The Morgan fingerprint density at radius 2 is 1.91 bits per heavy atom. The maximum Gasteiger partial charge on any atom is 0.329 e. The van der Waals surface area contributed by atoms with Crippen LogP contribution in [0.2, 0.25) is 18.1 Å². The molecule has 5 atom stereocenters. The summed E-state index contributed by atoms with van der Waals surface area (Å²) in [4.78, 5) is 45.4. The number of rotatable bonds is 3. The number of cyclic esters (lactones) is 1. The van der Waals surface area contributed by atoms with E-state index in [0.717, 1.165) is 5.57 Å². The lowest BCUT2D eigenvalue weighted by atomic mass is 9.94. The van der Waals surface area contributed by atoms with E-state index < -0.39 is 38.7 Å². The minimum Gasteiger partial charge on any atom is -0.460 e. The quantitative estimate of drug-likeness (QED) is 0.283. The molecule has 1 saturated heterocycles. The first-order chi connectivity index (χ1) is 21.0. The van der Waals surface area contributed by atoms with E-state index in [1.54, 1.807) is 11.5 Å². The Morgan fingerprint density at radius 3 is 2.58 bits per heavy atom. The molecule has 0 saturated carbocycles. The molecule has 2 bridgehead atoms. The number of hydrogen-bond donors (Lipinski definition) is 1. The fraction of sp³-hybridized carbons (Fsp3) is 0.647. The molecular formula is C34H52FN3O5SSi.